The molecule has 0 amide bonds. The van der Waals surface area contributed by atoms with Gasteiger partial charge in [-0.2, -0.15) is 0 Å². The summed E-state index contributed by atoms with van der Waals surface area (Å²) in [5, 5.41) is 7.25. The molecule has 54 valence electrons. The van der Waals surface area contributed by atoms with E-state index in [9.17, 15) is 0 Å². The third-order valence-corrected chi connectivity index (χ3v) is 1.84. The van der Waals surface area contributed by atoms with Gasteiger partial charge in [0.1, 0.15) is 4.60 Å². The van der Waals surface area contributed by atoms with Crippen LogP contribution in [0.25, 0.3) is 0 Å². The van der Waals surface area contributed by atoms with Crippen LogP contribution in [0.15, 0.2) is 15.4 Å². The predicted molar refractivity (Wildman–Crippen MR) is 43.6 cm³/mol. The van der Waals surface area contributed by atoms with Crippen LogP contribution < -0.4 is 11.3 Å². The van der Waals surface area contributed by atoms with E-state index in [0.717, 1.165) is 0 Å². The first-order chi connectivity index (χ1) is 4.61. The van der Waals surface area contributed by atoms with Gasteiger partial charge in [-0.1, -0.05) is 0 Å². The fraction of sp³-hybridized carbons (Fsp3) is 0. The van der Waals surface area contributed by atoms with Crippen molar-refractivity contribution < 1.29 is 0 Å². The fourth-order valence-corrected chi connectivity index (χ4v) is 1.49. The summed E-state index contributed by atoms with van der Waals surface area (Å²) < 4.78 is 2.18. The maximum absolute atomic E-state index is 7.25. The molecule has 0 atom stereocenters. The fourth-order valence-electron chi connectivity index (χ4n) is 0.461. The summed E-state index contributed by atoms with van der Waals surface area (Å²) in [4.78, 5) is 3.88. The lowest BCUT2D eigenvalue weighted by Crippen LogP contribution is -2.28. The van der Waals surface area contributed by atoms with E-state index in [1.165, 1.54) is 10.9 Å². The molecule has 1 aromatic heterocycles. The van der Waals surface area contributed by atoms with Gasteiger partial charge in [-0.15, -0.1) is 0 Å². The molecule has 0 aliphatic heterocycles. The molecule has 3 N–H and O–H groups in total. The van der Waals surface area contributed by atoms with Gasteiger partial charge in [0.05, 0.1) is 6.20 Å². The Labute approximate surface area is 73.8 Å². The van der Waals surface area contributed by atoms with Gasteiger partial charge < -0.3 is 5.84 Å². The van der Waals surface area contributed by atoms with Gasteiger partial charge in [-0.25, -0.2) is 9.66 Å². The molecule has 1 heterocycles. The summed E-state index contributed by atoms with van der Waals surface area (Å²) in [7, 11) is 0. The van der Waals surface area contributed by atoms with Crippen molar-refractivity contribution in [1.82, 2.24) is 9.66 Å². The van der Waals surface area contributed by atoms with Crippen molar-refractivity contribution in [3.05, 3.63) is 20.9 Å². The molecule has 0 bridgehead atoms. The largest absolute Gasteiger partial charge is 0.338 e. The van der Waals surface area contributed by atoms with E-state index in [0.29, 0.717) is 9.21 Å². The molecule has 0 unspecified atom stereocenters. The van der Waals surface area contributed by atoms with Crippen molar-refractivity contribution in [2.75, 3.05) is 5.84 Å². The Morgan fingerprint density at radius 3 is 2.70 bits per heavy atom. The van der Waals surface area contributed by atoms with Gasteiger partial charge in [0.15, 0.2) is 10.1 Å². The third-order valence-electron chi connectivity index (χ3n) is 0.904. The lowest BCUT2D eigenvalue weighted by Gasteiger charge is -1.99. The van der Waals surface area contributed by atoms with Crippen LogP contribution in [0.5, 0.6) is 0 Å². The second-order valence-electron chi connectivity index (χ2n) is 1.61. The first kappa shape index (κ1) is 7.74. The number of halogens is 2. The minimum Gasteiger partial charge on any atom is -0.338 e. The molecule has 1 aromatic rings. The molecule has 0 saturated carbocycles. The molecule has 0 aliphatic rings. The van der Waals surface area contributed by atoms with Gasteiger partial charge >= 0.3 is 0 Å². The Balaban J connectivity index is 3.46. The molecule has 6 heteroatoms. The van der Waals surface area contributed by atoms with E-state index in [1.54, 1.807) is 0 Å². The maximum atomic E-state index is 7.25. The van der Waals surface area contributed by atoms with Crippen molar-refractivity contribution in [3.8, 4) is 0 Å². The average molecular weight is 268 g/mol. The van der Waals surface area contributed by atoms with Crippen molar-refractivity contribution in [1.29, 1.82) is 5.41 Å². The topological polar surface area (TPSA) is 67.7 Å². The predicted octanol–water partition coefficient (Wildman–Crippen LogP) is 0.601. The molecule has 0 saturated heterocycles. The number of nitrogen functional groups attached to an aromatic ring is 1. The highest BCUT2D eigenvalue weighted by Crippen LogP contribution is 2.05. The summed E-state index contributed by atoms with van der Waals surface area (Å²) in [5.41, 5.74) is 0.142. The van der Waals surface area contributed by atoms with Gasteiger partial charge in [0, 0.05) is 0 Å². The highest BCUT2D eigenvalue weighted by molar-refractivity contribution is 9.11. The van der Waals surface area contributed by atoms with Gasteiger partial charge in [0.25, 0.3) is 0 Å². The van der Waals surface area contributed by atoms with Crippen LogP contribution in [0.3, 0.4) is 0 Å². The Morgan fingerprint density at radius 2 is 2.20 bits per heavy atom. The smallest absolute Gasteiger partial charge is 0.177 e. The summed E-state index contributed by atoms with van der Waals surface area (Å²) in [6.07, 6.45) is 1.51. The van der Waals surface area contributed by atoms with E-state index in [4.69, 9.17) is 11.3 Å². The Bertz CT molecular complexity index is 278. The van der Waals surface area contributed by atoms with E-state index in [-0.39, 0.29) is 5.49 Å². The molecule has 0 fully saturated rings. The molecule has 4 nitrogen and oxygen atoms in total. The number of aromatic nitrogens is 2. The molecule has 0 radical (unpaired) electrons. The second-order valence-corrected chi connectivity index (χ2v) is 3.17. The zero-order valence-electron chi connectivity index (χ0n) is 4.81. The van der Waals surface area contributed by atoms with Crippen molar-refractivity contribution >= 4 is 31.9 Å². The number of rotatable bonds is 0. The summed E-state index contributed by atoms with van der Waals surface area (Å²) in [6, 6.07) is 0. The molecule has 0 aromatic carbocycles. The van der Waals surface area contributed by atoms with Crippen molar-refractivity contribution in [2.24, 2.45) is 0 Å². The first-order valence-electron chi connectivity index (χ1n) is 2.35. The Kier molecular flexibility index (Phi) is 2.10. The average Bonchev–Trinajstić information content (AvgIpc) is 1.82. The first-order valence-corrected chi connectivity index (χ1v) is 3.94. The van der Waals surface area contributed by atoms with Crippen LogP contribution in [-0.4, -0.2) is 9.66 Å². The maximum Gasteiger partial charge on any atom is 0.177 e. The Morgan fingerprint density at radius 1 is 1.60 bits per heavy atom. The normalized spacial score (nSPS) is 9.80. The lowest BCUT2D eigenvalue weighted by atomic mass is 10.7. The van der Waals surface area contributed by atoms with Gasteiger partial charge in [-0.3, -0.25) is 5.41 Å². The standard InChI is InChI=1S/C4H4Br2N4/c5-2-1-10(8)4(7)3(6)9-2/h1,7H,8H2. The van der Waals surface area contributed by atoms with Crippen molar-refractivity contribution in [2.45, 2.75) is 0 Å². The lowest BCUT2D eigenvalue weighted by molar-refractivity contribution is 0.832. The zero-order valence-corrected chi connectivity index (χ0v) is 7.98. The Hall–Kier alpha value is -0.360. The van der Waals surface area contributed by atoms with Crippen LogP contribution in [0.2, 0.25) is 0 Å². The zero-order chi connectivity index (χ0) is 7.72. The quantitative estimate of drug-likeness (QED) is 0.676. The number of hydrogen-bond donors (Lipinski definition) is 2. The third kappa shape index (κ3) is 1.38. The molecule has 10 heavy (non-hydrogen) atoms. The highest BCUT2D eigenvalue weighted by Gasteiger charge is 1.96. The second kappa shape index (κ2) is 2.71. The van der Waals surface area contributed by atoms with Gasteiger partial charge in [-0.05, 0) is 31.9 Å². The van der Waals surface area contributed by atoms with E-state index in [2.05, 4.69) is 36.8 Å². The number of nitrogens with two attached hydrogens (primary N) is 1. The summed E-state index contributed by atoms with van der Waals surface area (Å²) in [6.45, 7) is 0. The minimum absolute atomic E-state index is 0.142. The van der Waals surface area contributed by atoms with Crippen LogP contribution in [-0.2, 0) is 0 Å². The van der Waals surface area contributed by atoms with E-state index in [1.807, 2.05) is 0 Å². The summed E-state index contributed by atoms with van der Waals surface area (Å²) >= 11 is 6.19. The van der Waals surface area contributed by atoms with Crippen LogP contribution in [0, 0.1) is 5.41 Å². The molecule has 0 spiro atoms. The molecular formula is C4H4Br2N4. The monoisotopic (exact) mass is 266 g/mol. The number of nitrogens with zero attached hydrogens (tertiary/aromatic N) is 2. The van der Waals surface area contributed by atoms with Crippen LogP contribution in [0.4, 0.5) is 0 Å². The van der Waals surface area contributed by atoms with E-state index < -0.39 is 0 Å². The van der Waals surface area contributed by atoms with Crippen LogP contribution in [0.1, 0.15) is 0 Å². The van der Waals surface area contributed by atoms with E-state index >= 15 is 0 Å². The minimum atomic E-state index is 0.142. The number of hydrogen-bond acceptors (Lipinski definition) is 3. The molecule has 0 aliphatic carbocycles. The molecule has 1 rings (SSSR count). The SMILES string of the molecule is N=c1c(Br)nc(Br)cn1N. The van der Waals surface area contributed by atoms with Gasteiger partial charge in [0.2, 0.25) is 0 Å². The highest BCUT2D eigenvalue weighted by atomic mass is 79.9. The van der Waals surface area contributed by atoms with Crippen molar-refractivity contribution in [3.63, 3.8) is 0 Å². The molecular weight excluding hydrogens is 264 g/mol. The van der Waals surface area contributed by atoms with Crippen LogP contribution >= 0.6 is 31.9 Å². The summed E-state index contributed by atoms with van der Waals surface area (Å²) in [5.74, 6) is 5.35. The number of nitrogens with one attached hydrogen (secondary N) is 1.